The second kappa shape index (κ2) is 5.80. The number of piperazine rings is 1. The van der Waals surface area contributed by atoms with E-state index in [-0.39, 0.29) is 0 Å². The van der Waals surface area contributed by atoms with Gasteiger partial charge < -0.3 is 9.91 Å². The molecule has 3 rings (SSSR count). The summed E-state index contributed by atoms with van der Waals surface area (Å²) >= 11 is 12.0. The summed E-state index contributed by atoms with van der Waals surface area (Å²) in [7, 11) is 2.16. The van der Waals surface area contributed by atoms with Crippen LogP contribution in [0.25, 0.3) is 11.0 Å². The summed E-state index contributed by atoms with van der Waals surface area (Å²) in [6.07, 6.45) is 0.764. The average Bonchev–Trinajstić information content (AvgIpc) is 2.77. The molecular formula is C14H18Cl2N4. The van der Waals surface area contributed by atoms with Crippen molar-refractivity contribution in [2.24, 2.45) is 0 Å². The topological polar surface area (TPSA) is 24.3 Å². The van der Waals surface area contributed by atoms with Gasteiger partial charge in [-0.2, -0.15) is 0 Å². The first-order valence-corrected chi connectivity index (χ1v) is 7.77. The summed E-state index contributed by atoms with van der Waals surface area (Å²) in [4.78, 5) is 7.04. The molecule has 1 aromatic heterocycles. The monoisotopic (exact) mass is 312 g/mol. The van der Waals surface area contributed by atoms with Gasteiger partial charge in [0.15, 0.2) is 0 Å². The van der Waals surface area contributed by atoms with Crippen molar-refractivity contribution in [1.29, 1.82) is 0 Å². The summed E-state index contributed by atoms with van der Waals surface area (Å²) in [5, 5.41) is 3.07. The number of fused-ring (bicyclic) bond motifs is 1. The molecule has 1 aliphatic heterocycles. The number of benzene rings is 1. The van der Waals surface area contributed by atoms with Crippen molar-refractivity contribution in [3.8, 4) is 0 Å². The highest BCUT2D eigenvalue weighted by Crippen LogP contribution is 2.22. The van der Waals surface area contributed by atoms with Crippen LogP contribution in [0.1, 0.15) is 5.82 Å². The number of hydrogen-bond acceptors (Lipinski definition) is 3. The van der Waals surface area contributed by atoms with Crippen LogP contribution in [0.3, 0.4) is 0 Å². The van der Waals surface area contributed by atoms with E-state index in [9.17, 15) is 0 Å². The van der Waals surface area contributed by atoms with E-state index in [0.717, 1.165) is 54.5 Å². The fourth-order valence-electron chi connectivity index (χ4n) is 2.65. The van der Waals surface area contributed by atoms with Crippen LogP contribution >= 0.6 is 23.2 Å². The number of nitrogens with zero attached hydrogens (tertiary/aromatic N) is 4. The molecule has 1 aliphatic rings. The van der Waals surface area contributed by atoms with Crippen LogP contribution in [0.15, 0.2) is 18.2 Å². The molecule has 0 radical (unpaired) electrons. The van der Waals surface area contributed by atoms with Gasteiger partial charge in [0.25, 0.3) is 0 Å². The smallest absolute Gasteiger partial charge is 0.130 e. The Labute approximate surface area is 128 Å². The van der Waals surface area contributed by atoms with Gasteiger partial charge in [0.1, 0.15) is 5.82 Å². The maximum absolute atomic E-state index is 6.07. The molecule has 0 N–H and O–H groups in total. The fourth-order valence-corrected chi connectivity index (χ4v) is 2.98. The lowest BCUT2D eigenvalue weighted by molar-refractivity contribution is 0.287. The zero-order valence-electron chi connectivity index (χ0n) is 11.5. The van der Waals surface area contributed by atoms with Crippen LogP contribution < -0.4 is 5.01 Å². The minimum atomic E-state index is 0.574. The first-order chi connectivity index (χ1) is 9.69. The lowest BCUT2D eigenvalue weighted by Gasteiger charge is -2.35. The minimum absolute atomic E-state index is 0.574. The highest BCUT2D eigenvalue weighted by Gasteiger charge is 2.19. The molecule has 2 heterocycles. The molecule has 6 heteroatoms. The molecule has 1 aromatic carbocycles. The van der Waals surface area contributed by atoms with E-state index in [4.69, 9.17) is 28.2 Å². The van der Waals surface area contributed by atoms with Crippen LogP contribution in [-0.2, 0) is 6.42 Å². The lowest BCUT2D eigenvalue weighted by Crippen LogP contribution is -2.50. The summed E-state index contributed by atoms with van der Waals surface area (Å²) < 4.78 is 2.22. The SMILES string of the molecule is CN1CCN(n2c(CCCl)nc3cc(Cl)ccc32)CC1. The first-order valence-electron chi connectivity index (χ1n) is 6.85. The Bertz CT molecular complexity index is 602. The van der Waals surface area contributed by atoms with Gasteiger partial charge >= 0.3 is 0 Å². The number of halogens is 2. The zero-order valence-corrected chi connectivity index (χ0v) is 13.0. The average molecular weight is 313 g/mol. The number of alkyl halides is 1. The van der Waals surface area contributed by atoms with Crippen molar-refractivity contribution in [2.75, 3.05) is 44.1 Å². The molecule has 4 nitrogen and oxygen atoms in total. The van der Waals surface area contributed by atoms with Gasteiger partial charge in [0.2, 0.25) is 0 Å². The predicted octanol–water partition coefficient (Wildman–Crippen LogP) is 2.35. The predicted molar refractivity (Wildman–Crippen MR) is 84.6 cm³/mol. The molecule has 0 amide bonds. The number of likely N-dealkylation sites (N-methyl/N-ethyl adjacent to an activating group) is 1. The molecular weight excluding hydrogens is 295 g/mol. The summed E-state index contributed by atoms with van der Waals surface area (Å²) in [5.41, 5.74) is 2.05. The molecule has 0 spiro atoms. The molecule has 0 bridgehead atoms. The Morgan fingerprint density at radius 2 is 1.95 bits per heavy atom. The number of rotatable bonds is 3. The third kappa shape index (κ3) is 2.60. The maximum atomic E-state index is 6.07. The third-order valence-electron chi connectivity index (χ3n) is 3.74. The van der Waals surface area contributed by atoms with E-state index in [1.165, 1.54) is 0 Å². The Balaban J connectivity index is 2.04. The Kier molecular flexibility index (Phi) is 4.06. The summed E-state index contributed by atoms with van der Waals surface area (Å²) in [6, 6.07) is 5.88. The van der Waals surface area contributed by atoms with Crippen molar-refractivity contribution in [3.63, 3.8) is 0 Å². The maximum Gasteiger partial charge on any atom is 0.130 e. The highest BCUT2D eigenvalue weighted by molar-refractivity contribution is 6.31. The molecule has 20 heavy (non-hydrogen) atoms. The van der Waals surface area contributed by atoms with Gasteiger partial charge in [0.05, 0.1) is 11.0 Å². The Hall–Kier alpha value is -0.970. The van der Waals surface area contributed by atoms with Crippen molar-refractivity contribution >= 4 is 34.2 Å². The van der Waals surface area contributed by atoms with Crippen molar-refractivity contribution in [3.05, 3.63) is 29.0 Å². The van der Waals surface area contributed by atoms with E-state index in [2.05, 4.69) is 21.6 Å². The van der Waals surface area contributed by atoms with Gasteiger partial charge in [-0.25, -0.2) is 9.66 Å². The van der Waals surface area contributed by atoms with E-state index < -0.39 is 0 Å². The molecule has 0 atom stereocenters. The van der Waals surface area contributed by atoms with Crippen molar-refractivity contribution in [1.82, 2.24) is 14.6 Å². The quantitative estimate of drug-likeness (QED) is 0.813. The minimum Gasteiger partial charge on any atom is -0.308 e. The molecule has 0 unspecified atom stereocenters. The lowest BCUT2D eigenvalue weighted by atomic mass is 10.3. The van der Waals surface area contributed by atoms with Crippen LogP contribution in [0, 0.1) is 0 Å². The summed E-state index contributed by atoms with van der Waals surface area (Å²) in [5.74, 6) is 1.59. The molecule has 108 valence electrons. The third-order valence-corrected chi connectivity index (χ3v) is 4.16. The van der Waals surface area contributed by atoms with Crippen LogP contribution in [0.2, 0.25) is 5.02 Å². The van der Waals surface area contributed by atoms with Gasteiger partial charge in [0, 0.05) is 43.5 Å². The van der Waals surface area contributed by atoms with E-state index >= 15 is 0 Å². The molecule has 2 aromatic rings. The molecule has 0 aliphatic carbocycles. The van der Waals surface area contributed by atoms with E-state index in [1.807, 2.05) is 18.2 Å². The molecule has 1 saturated heterocycles. The fraction of sp³-hybridized carbons (Fsp3) is 0.500. The Morgan fingerprint density at radius 1 is 1.20 bits per heavy atom. The number of aromatic nitrogens is 2. The van der Waals surface area contributed by atoms with Crippen LogP contribution in [-0.4, -0.2) is 53.7 Å². The highest BCUT2D eigenvalue weighted by atomic mass is 35.5. The van der Waals surface area contributed by atoms with Gasteiger partial charge in [-0.1, -0.05) is 11.6 Å². The van der Waals surface area contributed by atoms with Gasteiger partial charge in [-0.3, -0.25) is 0 Å². The van der Waals surface area contributed by atoms with Crippen LogP contribution in [0.5, 0.6) is 0 Å². The molecule has 1 fully saturated rings. The second-order valence-corrected chi connectivity index (χ2v) is 5.98. The van der Waals surface area contributed by atoms with Crippen LogP contribution in [0.4, 0.5) is 0 Å². The van der Waals surface area contributed by atoms with E-state index in [1.54, 1.807) is 0 Å². The molecule has 0 saturated carbocycles. The number of imidazole rings is 1. The van der Waals surface area contributed by atoms with Crippen molar-refractivity contribution in [2.45, 2.75) is 6.42 Å². The largest absolute Gasteiger partial charge is 0.308 e. The number of hydrogen-bond donors (Lipinski definition) is 0. The standard InChI is InChI=1S/C14H18Cl2N4/c1-18-6-8-19(9-7-18)20-13-3-2-11(16)10-12(13)17-14(20)4-5-15/h2-3,10H,4-9H2,1H3. The van der Waals surface area contributed by atoms with Crippen molar-refractivity contribution < 1.29 is 0 Å². The normalized spacial score (nSPS) is 17.1. The Morgan fingerprint density at radius 3 is 2.65 bits per heavy atom. The first kappa shape index (κ1) is 14.0. The van der Waals surface area contributed by atoms with E-state index in [0.29, 0.717) is 5.88 Å². The zero-order chi connectivity index (χ0) is 14.1. The van der Waals surface area contributed by atoms with Gasteiger partial charge in [-0.15, -0.1) is 11.6 Å². The summed E-state index contributed by atoms with van der Waals surface area (Å²) in [6.45, 7) is 4.13. The number of aryl methyl sites for hydroxylation is 1. The van der Waals surface area contributed by atoms with Gasteiger partial charge in [-0.05, 0) is 25.2 Å². The second-order valence-electron chi connectivity index (χ2n) is 5.17.